The molecular weight excluding hydrogens is 398 g/mol. The molecule has 0 saturated heterocycles. The Morgan fingerprint density at radius 3 is 2.69 bits per heavy atom. The third-order valence-corrected chi connectivity index (χ3v) is 7.09. The second-order valence-electron chi connectivity index (χ2n) is 9.20. The number of hydrogen-bond donors (Lipinski definition) is 1. The number of rotatable bonds is 3. The van der Waals surface area contributed by atoms with Crippen molar-refractivity contribution in [2.75, 3.05) is 7.11 Å². The van der Waals surface area contributed by atoms with Gasteiger partial charge >= 0.3 is 0 Å². The topological polar surface area (TPSA) is 41.9 Å². The maximum Gasteiger partial charge on any atom is 0.192 e. The van der Waals surface area contributed by atoms with E-state index in [1.807, 2.05) is 0 Å². The molecule has 0 radical (unpaired) electrons. The standard InChI is InChI=1S/C28H31NO3/c1-17-12-18(2)26-24(13-17)32-25-15-23-14-21(20-8-6-5-7-9-20)10-11-22(23)16-29(25)19(3)27(26)28(30)31-4/h5-13,15-16,19,21,25,27-28,30H,14H2,1-4H3. The molecule has 1 aliphatic carbocycles. The van der Waals surface area contributed by atoms with E-state index in [2.05, 4.69) is 92.6 Å². The first-order valence-electron chi connectivity index (χ1n) is 11.4. The summed E-state index contributed by atoms with van der Waals surface area (Å²) >= 11 is 0. The minimum Gasteiger partial charge on any atom is -0.467 e. The van der Waals surface area contributed by atoms with Crippen LogP contribution in [0.5, 0.6) is 5.75 Å². The van der Waals surface area contributed by atoms with Crippen LogP contribution in [0.15, 0.2) is 78.0 Å². The van der Waals surface area contributed by atoms with Crippen molar-refractivity contribution in [3.63, 3.8) is 0 Å². The van der Waals surface area contributed by atoms with Crippen molar-refractivity contribution < 1.29 is 14.6 Å². The second kappa shape index (κ2) is 8.27. The molecule has 0 fully saturated rings. The van der Waals surface area contributed by atoms with Crippen molar-refractivity contribution in [2.45, 2.75) is 57.6 Å². The summed E-state index contributed by atoms with van der Waals surface area (Å²) in [6.07, 6.45) is 8.80. The molecule has 5 unspecified atom stereocenters. The lowest BCUT2D eigenvalue weighted by atomic mass is 9.82. The highest BCUT2D eigenvalue weighted by Crippen LogP contribution is 2.44. The average molecular weight is 430 g/mol. The van der Waals surface area contributed by atoms with Crippen LogP contribution < -0.4 is 4.74 Å². The Hall–Kier alpha value is -2.82. The Morgan fingerprint density at radius 2 is 1.94 bits per heavy atom. The van der Waals surface area contributed by atoms with Gasteiger partial charge in [-0.2, -0.15) is 0 Å². The lowest BCUT2D eigenvalue weighted by molar-refractivity contribution is -0.105. The Labute approximate surface area is 190 Å². The van der Waals surface area contributed by atoms with Gasteiger partial charge < -0.3 is 19.5 Å². The van der Waals surface area contributed by atoms with E-state index in [1.165, 1.54) is 16.7 Å². The van der Waals surface area contributed by atoms with E-state index in [0.717, 1.165) is 28.9 Å². The summed E-state index contributed by atoms with van der Waals surface area (Å²) in [6.45, 7) is 6.32. The molecule has 0 aromatic heterocycles. The molecule has 1 N–H and O–H groups in total. The maximum absolute atomic E-state index is 10.8. The Morgan fingerprint density at radius 1 is 1.16 bits per heavy atom. The van der Waals surface area contributed by atoms with Crippen LogP contribution in [-0.4, -0.2) is 35.7 Å². The first-order chi connectivity index (χ1) is 15.5. The lowest BCUT2D eigenvalue weighted by Crippen LogP contribution is -2.45. The molecule has 0 amide bonds. The molecule has 0 saturated carbocycles. The van der Waals surface area contributed by atoms with Gasteiger partial charge in [0.15, 0.2) is 12.5 Å². The number of allylic oxidation sites excluding steroid dienone is 4. The van der Waals surface area contributed by atoms with Crippen LogP contribution in [-0.2, 0) is 4.74 Å². The van der Waals surface area contributed by atoms with E-state index in [0.29, 0.717) is 5.92 Å². The molecule has 4 heteroatoms. The van der Waals surface area contributed by atoms with E-state index < -0.39 is 6.29 Å². The van der Waals surface area contributed by atoms with Crippen LogP contribution in [0.4, 0.5) is 0 Å². The third kappa shape index (κ3) is 3.58. The van der Waals surface area contributed by atoms with Gasteiger partial charge in [-0.05, 0) is 67.2 Å². The fraction of sp³-hybridized carbons (Fsp3) is 0.357. The van der Waals surface area contributed by atoms with E-state index in [1.54, 1.807) is 7.11 Å². The van der Waals surface area contributed by atoms with Gasteiger partial charge in [-0.25, -0.2) is 0 Å². The van der Waals surface area contributed by atoms with E-state index in [-0.39, 0.29) is 18.2 Å². The highest BCUT2D eigenvalue weighted by Gasteiger charge is 2.41. The van der Waals surface area contributed by atoms with Crippen molar-refractivity contribution in [2.24, 2.45) is 0 Å². The molecular formula is C28H31NO3. The van der Waals surface area contributed by atoms with Gasteiger partial charge in [-0.15, -0.1) is 0 Å². The molecule has 2 aromatic rings. The third-order valence-electron chi connectivity index (χ3n) is 7.09. The summed E-state index contributed by atoms with van der Waals surface area (Å²) in [5, 5.41) is 10.8. The highest BCUT2D eigenvalue weighted by atomic mass is 16.6. The summed E-state index contributed by atoms with van der Waals surface area (Å²) in [6, 6.07) is 14.9. The first kappa shape index (κ1) is 21.0. The van der Waals surface area contributed by atoms with Crippen LogP contribution in [0.3, 0.4) is 0 Å². The summed E-state index contributed by atoms with van der Waals surface area (Å²) in [7, 11) is 1.56. The van der Waals surface area contributed by atoms with E-state index in [4.69, 9.17) is 9.47 Å². The number of benzene rings is 2. The quantitative estimate of drug-likeness (QED) is 0.670. The SMILES string of the molecule is COC(O)C1c2c(C)cc(C)cc2OC2C=C3CC(c4ccccc4)C=CC3=CN2C1C. The van der Waals surface area contributed by atoms with Crippen LogP contribution in [0.25, 0.3) is 0 Å². The number of ether oxygens (including phenoxy) is 2. The van der Waals surface area contributed by atoms with Gasteiger partial charge in [0, 0.05) is 30.8 Å². The molecule has 5 rings (SSSR count). The Bertz CT molecular complexity index is 1100. The Kier molecular flexibility index (Phi) is 5.44. The normalized spacial score (nSPS) is 27.2. The van der Waals surface area contributed by atoms with Gasteiger partial charge in [-0.1, -0.05) is 48.6 Å². The van der Waals surface area contributed by atoms with Crippen molar-refractivity contribution in [1.82, 2.24) is 4.90 Å². The molecule has 32 heavy (non-hydrogen) atoms. The minimum atomic E-state index is -0.916. The molecule has 0 spiro atoms. The van der Waals surface area contributed by atoms with Crippen molar-refractivity contribution in [1.29, 1.82) is 0 Å². The zero-order chi connectivity index (χ0) is 22.4. The van der Waals surface area contributed by atoms with Gasteiger partial charge in [0.05, 0.1) is 5.92 Å². The number of hydrogen-bond acceptors (Lipinski definition) is 4. The second-order valence-corrected chi connectivity index (χ2v) is 9.20. The molecule has 2 aromatic carbocycles. The summed E-state index contributed by atoms with van der Waals surface area (Å²) in [5.41, 5.74) is 7.16. The fourth-order valence-electron chi connectivity index (χ4n) is 5.45. The number of fused-ring (bicyclic) bond motifs is 3. The number of methoxy groups -OCH3 is 1. The smallest absolute Gasteiger partial charge is 0.192 e. The largest absolute Gasteiger partial charge is 0.467 e. The van der Waals surface area contributed by atoms with Crippen LogP contribution in [0.2, 0.25) is 0 Å². The summed E-state index contributed by atoms with van der Waals surface area (Å²) in [5.74, 6) is 0.980. The van der Waals surface area contributed by atoms with Gasteiger partial charge in [-0.3, -0.25) is 0 Å². The zero-order valence-corrected chi connectivity index (χ0v) is 19.2. The minimum absolute atomic E-state index is 0.0110. The van der Waals surface area contributed by atoms with E-state index in [9.17, 15) is 5.11 Å². The number of nitrogens with zero attached hydrogens (tertiary/aromatic N) is 1. The monoisotopic (exact) mass is 429 g/mol. The van der Waals surface area contributed by atoms with Crippen LogP contribution in [0.1, 0.15) is 47.4 Å². The van der Waals surface area contributed by atoms with Crippen molar-refractivity contribution >= 4 is 0 Å². The van der Waals surface area contributed by atoms with Crippen molar-refractivity contribution in [3.05, 3.63) is 100 Å². The first-order valence-corrected chi connectivity index (χ1v) is 11.4. The fourth-order valence-corrected chi connectivity index (χ4v) is 5.45. The molecule has 2 aliphatic heterocycles. The molecule has 5 atom stereocenters. The molecule has 2 heterocycles. The van der Waals surface area contributed by atoms with E-state index >= 15 is 0 Å². The highest BCUT2D eigenvalue weighted by molar-refractivity contribution is 5.51. The molecule has 166 valence electrons. The zero-order valence-electron chi connectivity index (χ0n) is 19.2. The summed E-state index contributed by atoms with van der Waals surface area (Å²) < 4.78 is 12.1. The lowest BCUT2D eigenvalue weighted by Gasteiger charge is -2.40. The van der Waals surface area contributed by atoms with Crippen LogP contribution >= 0.6 is 0 Å². The number of aliphatic hydroxyl groups excluding tert-OH is 1. The van der Waals surface area contributed by atoms with Gasteiger partial charge in [0.2, 0.25) is 0 Å². The van der Waals surface area contributed by atoms with Crippen LogP contribution in [0, 0.1) is 13.8 Å². The Balaban J connectivity index is 1.56. The predicted octanol–water partition coefficient (Wildman–Crippen LogP) is 5.33. The molecule has 0 bridgehead atoms. The van der Waals surface area contributed by atoms with Crippen molar-refractivity contribution in [3.8, 4) is 5.75 Å². The van der Waals surface area contributed by atoms with Gasteiger partial charge in [0.1, 0.15) is 5.75 Å². The maximum atomic E-state index is 10.8. The number of aryl methyl sites for hydroxylation is 2. The summed E-state index contributed by atoms with van der Waals surface area (Å²) in [4.78, 5) is 2.23. The predicted molar refractivity (Wildman–Crippen MR) is 126 cm³/mol. The molecule has 3 aliphatic rings. The number of aliphatic hydroxyl groups is 1. The molecule has 4 nitrogen and oxygen atoms in total. The van der Waals surface area contributed by atoms with Gasteiger partial charge in [0.25, 0.3) is 0 Å². The average Bonchev–Trinajstić information content (AvgIpc) is 2.91.